The van der Waals surface area contributed by atoms with Crippen LogP contribution in [0.25, 0.3) is 0 Å². The standard InChI is InChI=1S/C10H19F2N/c1-8(2)9(3)13-6-4-5-10(11,12)7-13/h8-9H,4-7H2,1-3H3. The van der Waals surface area contributed by atoms with Gasteiger partial charge in [0.2, 0.25) is 0 Å². The van der Waals surface area contributed by atoms with Crippen LogP contribution in [-0.2, 0) is 0 Å². The first-order valence-electron chi connectivity index (χ1n) is 5.04. The summed E-state index contributed by atoms with van der Waals surface area (Å²) in [5, 5.41) is 0. The van der Waals surface area contributed by atoms with Crippen LogP contribution in [0.1, 0.15) is 33.6 Å². The van der Waals surface area contributed by atoms with Crippen molar-refractivity contribution in [2.45, 2.75) is 45.6 Å². The van der Waals surface area contributed by atoms with Crippen LogP contribution < -0.4 is 0 Å². The largest absolute Gasteiger partial charge is 0.295 e. The number of alkyl halides is 2. The van der Waals surface area contributed by atoms with E-state index in [1.807, 2.05) is 11.8 Å². The fourth-order valence-corrected chi connectivity index (χ4v) is 1.77. The molecule has 1 aliphatic heterocycles. The van der Waals surface area contributed by atoms with Crippen molar-refractivity contribution in [1.29, 1.82) is 0 Å². The van der Waals surface area contributed by atoms with Crippen LogP contribution in [0.2, 0.25) is 0 Å². The number of likely N-dealkylation sites (tertiary alicyclic amines) is 1. The number of nitrogens with zero attached hydrogens (tertiary/aromatic N) is 1. The predicted molar refractivity (Wildman–Crippen MR) is 50.1 cm³/mol. The van der Waals surface area contributed by atoms with E-state index in [4.69, 9.17) is 0 Å². The number of piperidine rings is 1. The Bertz CT molecular complexity index is 168. The molecule has 0 spiro atoms. The fraction of sp³-hybridized carbons (Fsp3) is 1.00. The van der Waals surface area contributed by atoms with Crippen LogP contribution in [0.15, 0.2) is 0 Å². The molecule has 1 saturated heterocycles. The summed E-state index contributed by atoms with van der Waals surface area (Å²) in [6, 6.07) is 0.270. The molecule has 78 valence electrons. The van der Waals surface area contributed by atoms with Crippen LogP contribution in [0, 0.1) is 5.92 Å². The molecule has 0 bridgehead atoms. The smallest absolute Gasteiger partial charge is 0.260 e. The van der Waals surface area contributed by atoms with Crippen molar-refractivity contribution in [1.82, 2.24) is 4.90 Å². The van der Waals surface area contributed by atoms with Gasteiger partial charge in [0, 0.05) is 12.5 Å². The maximum absolute atomic E-state index is 13.0. The second-order valence-electron chi connectivity index (χ2n) is 4.41. The first-order chi connectivity index (χ1) is 5.92. The Labute approximate surface area is 79.1 Å². The van der Waals surface area contributed by atoms with Crippen LogP contribution in [0.5, 0.6) is 0 Å². The summed E-state index contributed by atoms with van der Waals surface area (Å²) in [5.74, 6) is -2.00. The summed E-state index contributed by atoms with van der Waals surface area (Å²) in [6.45, 7) is 6.97. The lowest BCUT2D eigenvalue weighted by molar-refractivity contribution is -0.0774. The highest BCUT2D eigenvalue weighted by Gasteiger charge is 2.37. The third-order valence-corrected chi connectivity index (χ3v) is 2.96. The fourth-order valence-electron chi connectivity index (χ4n) is 1.77. The number of hydrogen-bond donors (Lipinski definition) is 0. The van der Waals surface area contributed by atoms with Crippen molar-refractivity contribution >= 4 is 0 Å². The summed E-state index contributed by atoms with van der Waals surface area (Å²) in [5.41, 5.74) is 0. The minimum Gasteiger partial charge on any atom is -0.295 e. The van der Waals surface area contributed by atoms with Crippen molar-refractivity contribution in [2.24, 2.45) is 5.92 Å². The second-order valence-corrected chi connectivity index (χ2v) is 4.41. The molecule has 1 fully saturated rings. The molecule has 0 aliphatic carbocycles. The monoisotopic (exact) mass is 191 g/mol. The minimum absolute atomic E-state index is 0.0493. The van der Waals surface area contributed by atoms with Crippen molar-refractivity contribution < 1.29 is 8.78 Å². The average molecular weight is 191 g/mol. The van der Waals surface area contributed by atoms with Gasteiger partial charge in [0.05, 0.1) is 6.54 Å². The van der Waals surface area contributed by atoms with Gasteiger partial charge in [-0.1, -0.05) is 13.8 Å². The molecule has 1 unspecified atom stereocenters. The van der Waals surface area contributed by atoms with Crippen LogP contribution in [0.4, 0.5) is 8.78 Å². The van der Waals surface area contributed by atoms with Gasteiger partial charge in [-0.25, -0.2) is 8.78 Å². The topological polar surface area (TPSA) is 3.24 Å². The van der Waals surface area contributed by atoms with E-state index in [9.17, 15) is 8.78 Å². The first kappa shape index (κ1) is 10.9. The molecule has 0 aromatic carbocycles. The van der Waals surface area contributed by atoms with Gasteiger partial charge >= 0.3 is 0 Å². The molecule has 1 atom stereocenters. The highest BCUT2D eigenvalue weighted by molar-refractivity contribution is 4.82. The van der Waals surface area contributed by atoms with Crippen molar-refractivity contribution in [3.63, 3.8) is 0 Å². The summed E-state index contributed by atoms with van der Waals surface area (Å²) >= 11 is 0. The number of hydrogen-bond acceptors (Lipinski definition) is 1. The highest BCUT2D eigenvalue weighted by atomic mass is 19.3. The zero-order chi connectivity index (χ0) is 10.1. The van der Waals surface area contributed by atoms with E-state index in [0.29, 0.717) is 12.3 Å². The molecule has 1 aliphatic rings. The van der Waals surface area contributed by atoms with Crippen molar-refractivity contribution in [2.75, 3.05) is 13.1 Å². The molecule has 0 saturated carbocycles. The lowest BCUT2D eigenvalue weighted by atomic mass is 9.99. The Morgan fingerprint density at radius 2 is 1.85 bits per heavy atom. The molecular weight excluding hydrogens is 172 g/mol. The summed E-state index contributed by atoms with van der Waals surface area (Å²) in [7, 11) is 0. The van der Waals surface area contributed by atoms with E-state index in [0.717, 1.165) is 6.54 Å². The zero-order valence-corrected chi connectivity index (χ0v) is 8.69. The summed E-state index contributed by atoms with van der Waals surface area (Å²) in [6.07, 6.45) is 0.693. The van der Waals surface area contributed by atoms with E-state index in [-0.39, 0.29) is 19.0 Å². The van der Waals surface area contributed by atoms with Crippen LogP contribution >= 0.6 is 0 Å². The molecular formula is C10H19F2N. The Balaban J connectivity index is 2.51. The average Bonchev–Trinajstić information content (AvgIpc) is 2.01. The Morgan fingerprint density at radius 1 is 1.23 bits per heavy atom. The van der Waals surface area contributed by atoms with E-state index >= 15 is 0 Å². The molecule has 0 N–H and O–H groups in total. The summed E-state index contributed by atoms with van der Waals surface area (Å²) in [4.78, 5) is 1.91. The predicted octanol–water partition coefficient (Wildman–Crippen LogP) is 2.76. The summed E-state index contributed by atoms with van der Waals surface area (Å²) < 4.78 is 26.1. The molecule has 1 rings (SSSR count). The molecule has 3 heteroatoms. The van der Waals surface area contributed by atoms with Gasteiger partial charge in [-0.2, -0.15) is 0 Å². The van der Waals surface area contributed by atoms with Crippen LogP contribution in [-0.4, -0.2) is 30.0 Å². The van der Waals surface area contributed by atoms with E-state index in [1.165, 1.54) is 0 Å². The molecule has 13 heavy (non-hydrogen) atoms. The van der Waals surface area contributed by atoms with Gasteiger partial charge in [0.25, 0.3) is 5.92 Å². The van der Waals surface area contributed by atoms with Crippen molar-refractivity contribution in [3.05, 3.63) is 0 Å². The van der Waals surface area contributed by atoms with Gasteiger partial charge < -0.3 is 0 Å². The maximum Gasteiger partial charge on any atom is 0.260 e. The molecule has 0 radical (unpaired) electrons. The van der Waals surface area contributed by atoms with E-state index in [1.54, 1.807) is 0 Å². The number of halogens is 2. The molecule has 0 amide bonds. The highest BCUT2D eigenvalue weighted by Crippen LogP contribution is 2.28. The second kappa shape index (κ2) is 3.91. The van der Waals surface area contributed by atoms with Crippen molar-refractivity contribution in [3.8, 4) is 0 Å². The normalized spacial score (nSPS) is 26.3. The number of rotatable bonds is 2. The van der Waals surface area contributed by atoms with Gasteiger partial charge in [0.15, 0.2) is 0 Å². The third-order valence-electron chi connectivity index (χ3n) is 2.96. The zero-order valence-electron chi connectivity index (χ0n) is 8.69. The Kier molecular flexibility index (Phi) is 3.28. The van der Waals surface area contributed by atoms with Gasteiger partial charge in [-0.05, 0) is 25.8 Å². The molecule has 1 heterocycles. The molecule has 0 aromatic rings. The quantitative estimate of drug-likeness (QED) is 0.648. The Morgan fingerprint density at radius 3 is 2.31 bits per heavy atom. The van der Waals surface area contributed by atoms with Gasteiger partial charge in [0.1, 0.15) is 0 Å². The van der Waals surface area contributed by atoms with E-state index in [2.05, 4.69) is 13.8 Å². The lowest BCUT2D eigenvalue weighted by Gasteiger charge is -2.38. The maximum atomic E-state index is 13.0. The molecule has 1 nitrogen and oxygen atoms in total. The third kappa shape index (κ3) is 2.90. The van der Waals surface area contributed by atoms with Gasteiger partial charge in [-0.15, -0.1) is 0 Å². The van der Waals surface area contributed by atoms with E-state index < -0.39 is 5.92 Å². The SMILES string of the molecule is CC(C)C(C)N1CCCC(F)(F)C1. The minimum atomic E-state index is -2.46. The Hall–Kier alpha value is -0.180. The van der Waals surface area contributed by atoms with Crippen LogP contribution in [0.3, 0.4) is 0 Å². The molecule has 0 aromatic heterocycles. The lowest BCUT2D eigenvalue weighted by Crippen LogP contribution is -2.48. The first-order valence-corrected chi connectivity index (χ1v) is 5.04. The van der Waals surface area contributed by atoms with Gasteiger partial charge in [-0.3, -0.25) is 4.90 Å².